The second-order valence-electron chi connectivity index (χ2n) is 4.70. The number of rotatable bonds is 12. The van der Waals surface area contributed by atoms with Crippen LogP contribution in [-0.2, 0) is 16.0 Å². The van der Waals surface area contributed by atoms with Gasteiger partial charge >= 0.3 is 0 Å². The monoisotopic (exact) mass is 297 g/mol. The third kappa shape index (κ3) is 7.32. The first kappa shape index (κ1) is 17.8. The fraction of sp³-hybridized carbons (Fsp3) is 0.625. The zero-order valence-corrected chi connectivity index (χ0v) is 13.3. The van der Waals surface area contributed by atoms with Gasteiger partial charge in [0.15, 0.2) is 11.5 Å². The number of hydrogen-bond donors (Lipinski definition) is 1. The van der Waals surface area contributed by atoms with Crippen molar-refractivity contribution < 1.29 is 18.9 Å². The summed E-state index contributed by atoms with van der Waals surface area (Å²) in [5.41, 5.74) is 1.17. The van der Waals surface area contributed by atoms with E-state index >= 15 is 0 Å². The molecule has 1 rings (SSSR count). The van der Waals surface area contributed by atoms with Gasteiger partial charge in [0.1, 0.15) is 0 Å². The molecule has 120 valence electrons. The Balaban J connectivity index is 2.46. The Labute approximate surface area is 127 Å². The lowest BCUT2D eigenvalue weighted by molar-refractivity contribution is 0.183. The largest absolute Gasteiger partial charge is 0.493 e. The van der Waals surface area contributed by atoms with Crippen molar-refractivity contribution >= 4 is 0 Å². The molecule has 0 saturated carbocycles. The highest BCUT2D eigenvalue weighted by Gasteiger charge is 2.05. The number of benzene rings is 1. The van der Waals surface area contributed by atoms with Gasteiger partial charge in [-0.25, -0.2) is 0 Å². The fourth-order valence-electron chi connectivity index (χ4n) is 1.88. The average molecular weight is 297 g/mol. The molecule has 0 saturated heterocycles. The van der Waals surface area contributed by atoms with E-state index in [0.29, 0.717) is 13.2 Å². The molecular formula is C16H27NO4. The molecule has 21 heavy (non-hydrogen) atoms. The lowest BCUT2D eigenvalue weighted by Gasteiger charge is -2.13. The Morgan fingerprint density at radius 2 is 1.67 bits per heavy atom. The quantitative estimate of drug-likeness (QED) is 0.600. The number of unbranched alkanes of at least 4 members (excludes halogenated alkanes) is 1. The second kappa shape index (κ2) is 11.4. The predicted molar refractivity (Wildman–Crippen MR) is 83.2 cm³/mol. The van der Waals surface area contributed by atoms with Crippen LogP contribution < -0.4 is 14.8 Å². The molecule has 0 amide bonds. The van der Waals surface area contributed by atoms with Gasteiger partial charge in [0, 0.05) is 33.9 Å². The molecule has 0 spiro atoms. The van der Waals surface area contributed by atoms with Gasteiger partial charge in [0.05, 0.1) is 20.3 Å². The van der Waals surface area contributed by atoms with Crippen molar-refractivity contribution in [2.75, 3.05) is 47.7 Å². The summed E-state index contributed by atoms with van der Waals surface area (Å²) in [6.07, 6.45) is 1.96. The number of methoxy groups -OCH3 is 3. The summed E-state index contributed by atoms with van der Waals surface area (Å²) < 4.78 is 21.2. The molecule has 0 heterocycles. The summed E-state index contributed by atoms with van der Waals surface area (Å²) in [6.45, 7) is 3.76. The molecule has 0 aliphatic heterocycles. The molecule has 0 unspecified atom stereocenters. The van der Waals surface area contributed by atoms with Crippen LogP contribution >= 0.6 is 0 Å². The standard InChI is InChI=1S/C16H27NO4/c1-18-9-4-5-10-21-16-12-14(6-7-15(16)20-3)13-17-8-11-19-2/h6-7,12,17H,4-5,8-11,13H2,1-3H3. The van der Waals surface area contributed by atoms with E-state index in [1.807, 2.05) is 18.2 Å². The smallest absolute Gasteiger partial charge is 0.161 e. The van der Waals surface area contributed by atoms with Crippen LogP contribution in [-0.4, -0.2) is 47.7 Å². The molecule has 0 radical (unpaired) electrons. The Kier molecular flexibility index (Phi) is 9.61. The minimum atomic E-state index is 0.667. The van der Waals surface area contributed by atoms with Crippen molar-refractivity contribution in [3.05, 3.63) is 23.8 Å². The van der Waals surface area contributed by atoms with Crippen molar-refractivity contribution in [1.82, 2.24) is 5.32 Å². The fourth-order valence-corrected chi connectivity index (χ4v) is 1.88. The van der Waals surface area contributed by atoms with Crippen molar-refractivity contribution in [1.29, 1.82) is 0 Å². The maximum Gasteiger partial charge on any atom is 0.161 e. The van der Waals surface area contributed by atoms with Crippen molar-refractivity contribution in [2.24, 2.45) is 0 Å². The third-order valence-corrected chi connectivity index (χ3v) is 3.04. The van der Waals surface area contributed by atoms with E-state index in [4.69, 9.17) is 18.9 Å². The Hall–Kier alpha value is -1.30. The molecule has 1 N–H and O–H groups in total. The minimum Gasteiger partial charge on any atom is -0.493 e. The Bertz CT molecular complexity index is 385. The molecule has 0 aliphatic carbocycles. The van der Waals surface area contributed by atoms with E-state index in [9.17, 15) is 0 Å². The Morgan fingerprint density at radius 1 is 0.905 bits per heavy atom. The van der Waals surface area contributed by atoms with Crippen LogP contribution in [0.25, 0.3) is 0 Å². The average Bonchev–Trinajstić information content (AvgIpc) is 2.51. The second-order valence-corrected chi connectivity index (χ2v) is 4.70. The summed E-state index contributed by atoms with van der Waals surface area (Å²) >= 11 is 0. The maximum absolute atomic E-state index is 5.81. The van der Waals surface area contributed by atoms with Crippen LogP contribution in [0.4, 0.5) is 0 Å². The first-order chi connectivity index (χ1) is 10.3. The van der Waals surface area contributed by atoms with Gasteiger partial charge in [-0.3, -0.25) is 0 Å². The summed E-state index contributed by atoms with van der Waals surface area (Å²) in [7, 11) is 5.07. The third-order valence-electron chi connectivity index (χ3n) is 3.04. The summed E-state index contributed by atoms with van der Waals surface area (Å²) in [4.78, 5) is 0. The van der Waals surface area contributed by atoms with Gasteiger partial charge in [0.25, 0.3) is 0 Å². The molecule has 0 bridgehead atoms. The van der Waals surface area contributed by atoms with Crippen molar-refractivity contribution in [2.45, 2.75) is 19.4 Å². The normalized spacial score (nSPS) is 10.6. The molecule has 0 atom stereocenters. The first-order valence-corrected chi connectivity index (χ1v) is 7.30. The van der Waals surface area contributed by atoms with Crippen LogP contribution in [0.15, 0.2) is 18.2 Å². The summed E-state index contributed by atoms with van der Waals surface area (Å²) in [5.74, 6) is 1.56. The number of ether oxygens (including phenoxy) is 4. The first-order valence-electron chi connectivity index (χ1n) is 7.30. The molecule has 1 aromatic carbocycles. The van der Waals surface area contributed by atoms with E-state index in [0.717, 1.165) is 44.0 Å². The number of hydrogen-bond acceptors (Lipinski definition) is 5. The lowest BCUT2D eigenvalue weighted by Crippen LogP contribution is -2.18. The van der Waals surface area contributed by atoms with Crippen LogP contribution in [0.2, 0.25) is 0 Å². The van der Waals surface area contributed by atoms with Crippen LogP contribution in [0.3, 0.4) is 0 Å². The Morgan fingerprint density at radius 3 is 2.38 bits per heavy atom. The SMILES string of the molecule is COCCCCOc1cc(CNCCOC)ccc1OC. The van der Waals surface area contributed by atoms with Crippen LogP contribution in [0, 0.1) is 0 Å². The van der Waals surface area contributed by atoms with Crippen molar-refractivity contribution in [3.63, 3.8) is 0 Å². The molecule has 1 aromatic rings. The van der Waals surface area contributed by atoms with Crippen LogP contribution in [0.5, 0.6) is 11.5 Å². The zero-order valence-electron chi connectivity index (χ0n) is 13.3. The maximum atomic E-state index is 5.81. The molecule has 5 heteroatoms. The van der Waals surface area contributed by atoms with E-state index in [1.54, 1.807) is 21.3 Å². The van der Waals surface area contributed by atoms with E-state index in [-0.39, 0.29) is 0 Å². The van der Waals surface area contributed by atoms with Gasteiger partial charge in [-0.1, -0.05) is 6.07 Å². The highest BCUT2D eigenvalue weighted by Crippen LogP contribution is 2.28. The van der Waals surface area contributed by atoms with Gasteiger partial charge < -0.3 is 24.3 Å². The summed E-state index contributed by atoms with van der Waals surface area (Å²) in [6, 6.07) is 6.00. The van der Waals surface area contributed by atoms with Gasteiger partial charge in [-0.15, -0.1) is 0 Å². The topological polar surface area (TPSA) is 49.0 Å². The van der Waals surface area contributed by atoms with Crippen molar-refractivity contribution in [3.8, 4) is 11.5 Å². The molecule has 0 aromatic heterocycles. The molecule has 5 nitrogen and oxygen atoms in total. The highest BCUT2D eigenvalue weighted by atomic mass is 16.5. The predicted octanol–water partition coefficient (Wildman–Crippen LogP) is 2.24. The minimum absolute atomic E-state index is 0.667. The molecular weight excluding hydrogens is 270 g/mol. The van der Waals surface area contributed by atoms with E-state index in [2.05, 4.69) is 5.32 Å². The van der Waals surface area contributed by atoms with E-state index in [1.165, 1.54) is 5.56 Å². The lowest BCUT2D eigenvalue weighted by atomic mass is 10.2. The molecule has 0 aliphatic rings. The molecule has 0 fully saturated rings. The van der Waals surface area contributed by atoms with Gasteiger partial charge in [-0.05, 0) is 30.5 Å². The van der Waals surface area contributed by atoms with Crippen LogP contribution in [0.1, 0.15) is 18.4 Å². The zero-order chi connectivity index (χ0) is 15.3. The highest BCUT2D eigenvalue weighted by molar-refractivity contribution is 5.42. The van der Waals surface area contributed by atoms with E-state index < -0.39 is 0 Å². The summed E-state index contributed by atoms with van der Waals surface area (Å²) in [5, 5.41) is 3.31. The van der Waals surface area contributed by atoms with Gasteiger partial charge in [-0.2, -0.15) is 0 Å². The van der Waals surface area contributed by atoms with Gasteiger partial charge in [0.2, 0.25) is 0 Å². The number of nitrogens with one attached hydrogen (secondary N) is 1.